The number of carboxylic acid groups (broad SMARTS) is 1. The molecular weight excluding hydrogens is 725 g/mol. The summed E-state index contributed by atoms with van der Waals surface area (Å²) < 4.78 is 34.4. The maximum Gasteiger partial charge on any atom is 1.00 e. The van der Waals surface area contributed by atoms with Gasteiger partial charge in [-0.2, -0.15) is 0 Å². The zero-order valence-corrected chi connectivity index (χ0v) is 38.7. The zero-order valence-electron chi connectivity index (χ0n) is 36.7. The quantitative estimate of drug-likeness (QED) is 0.175. The Morgan fingerprint density at radius 3 is 2.18 bits per heavy atom. The molecule has 5 heterocycles. The van der Waals surface area contributed by atoms with Gasteiger partial charge >= 0.3 is 29.6 Å². The number of carboxylic acids is 1. The predicted octanol–water partition coefficient (Wildman–Crippen LogP) is 2.47. The zero-order chi connectivity index (χ0) is 40.7. The molecule has 0 unspecified atom stereocenters. The van der Waals surface area contributed by atoms with Crippen LogP contribution in [0, 0.1) is 41.4 Å². The third-order valence-electron chi connectivity index (χ3n) is 14.9. The van der Waals surface area contributed by atoms with Crippen LogP contribution in [0.3, 0.4) is 0 Å². The number of nitrogens with one attached hydrogen (secondary N) is 1. The number of ketones is 1. The molecule has 5 rings (SSSR count). The number of hydrogen-bond donors (Lipinski definition) is 3. The molecule has 5 aliphatic rings. The van der Waals surface area contributed by atoms with Crippen molar-refractivity contribution in [3.8, 4) is 0 Å². The number of aliphatic carboxylic acids is 1. The second-order valence-electron chi connectivity index (χ2n) is 18.5. The standard InChI is InChI=1S/C44H75NO10.Na/c1-12-31(40(48)49)33-17-16-25(5)38(52-33)29(9)36(46)28(8)37(47)32(13-2)39-26(6)24-27(7)43(53-39)21-18-34(45-15-4)44(55-43)23-22-41(11,54-44)35-19-20-42(50,14-3)30(10)51-35;/h18,21,25-36,38-39,45-46,50H,12-17,19-20,22-24H2,1-11H3,(H,48,49);/q;+1/p-1/t25-,26-,27+,28-,29-,30-,31+,32-,33+,34-,35+,36+,38+,39-,41-,42+,43-,44-;/m0./s1. The molecule has 11 nitrogen and oxygen atoms in total. The molecule has 5 aliphatic heterocycles. The van der Waals surface area contributed by atoms with Gasteiger partial charge in [0.2, 0.25) is 0 Å². The van der Waals surface area contributed by atoms with E-state index in [9.17, 15) is 24.9 Å². The minimum absolute atomic E-state index is 0. The van der Waals surface area contributed by atoms with E-state index < -0.39 is 70.7 Å². The Balaban J connectivity index is 0.00000696. The summed E-state index contributed by atoms with van der Waals surface area (Å²) in [5.74, 6) is -5.47. The molecule has 0 bridgehead atoms. The summed E-state index contributed by atoms with van der Waals surface area (Å²) in [6.45, 7) is 22.7. The normalized spacial score (nSPS) is 44.1. The van der Waals surface area contributed by atoms with Crippen LogP contribution in [0.2, 0.25) is 0 Å². The van der Waals surface area contributed by atoms with Gasteiger partial charge in [0.05, 0.1) is 53.9 Å². The first-order chi connectivity index (χ1) is 25.8. The Bertz CT molecular complexity index is 1370. The fourth-order valence-electron chi connectivity index (χ4n) is 10.9. The number of aliphatic hydroxyl groups excluding tert-OH is 1. The summed E-state index contributed by atoms with van der Waals surface area (Å²) in [5, 5.41) is 38.4. The average Bonchev–Trinajstić information content (AvgIpc) is 3.49. The molecule has 0 aromatic heterocycles. The molecule has 0 aromatic rings. The van der Waals surface area contributed by atoms with E-state index in [1.165, 1.54) is 0 Å². The van der Waals surface area contributed by atoms with Crippen LogP contribution in [0.1, 0.15) is 140 Å². The van der Waals surface area contributed by atoms with Crippen LogP contribution < -0.4 is 40.0 Å². The second kappa shape index (κ2) is 19.1. The molecule has 0 saturated carbocycles. The van der Waals surface area contributed by atoms with Gasteiger partial charge < -0.3 is 49.1 Å². The van der Waals surface area contributed by atoms with Gasteiger partial charge in [-0.05, 0) is 96.1 Å². The largest absolute Gasteiger partial charge is 1.00 e. The first-order valence-electron chi connectivity index (χ1n) is 21.8. The van der Waals surface area contributed by atoms with Crippen molar-refractivity contribution in [3.63, 3.8) is 0 Å². The van der Waals surface area contributed by atoms with E-state index >= 15 is 0 Å². The van der Waals surface area contributed by atoms with Crippen LogP contribution in [-0.4, -0.2) is 94.0 Å². The Labute approximate surface area is 359 Å². The summed E-state index contributed by atoms with van der Waals surface area (Å²) in [4.78, 5) is 26.4. The maximum absolute atomic E-state index is 14.5. The Morgan fingerprint density at radius 1 is 0.911 bits per heavy atom. The average molecular weight is 800 g/mol. The van der Waals surface area contributed by atoms with E-state index in [2.05, 4.69) is 46.0 Å². The maximum atomic E-state index is 14.5. The third kappa shape index (κ3) is 9.24. The van der Waals surface area contributed by atoms with Crippen molar-refractivity contribution in [1.82, 2.24) is 5.32 Å². The topological polar surface area (TPSA) is 156 Å². The summed E-state index contributed by atoms with van der Waals surface area (Å²) in [6.07, 6.45) is 7.79. The number of hydrogen-bond acceptors (Lipinski definition) is 11. The fraction of sp³-hybridized carbons (Fsp3) is 0.909. The molecule has 18 atom stereocenters. The van der Waals surface area contributed by atoms with Crippen molar-refractivity contribution in [1.29, 1.82) is 0 Å². The molecule has 0 aliphatic carbocycles. The Morgan fingerprint density at radius 2 is 1.59 bits per heavy atom. The van der Waals surface area contributed by atoms with E-state index in [0.717, 1.165) is 25.8 Å². The first-order valence-corrected chi connectivity index (χ1v) is 21.8. The van der Waals surface area contributed by atoms with E-state index in [1.54, 1.807) is 6.92 Å². The van der Waals surface area contributed by atoms with E-state index in [-0.39, 0.29) is 77.4 Å². The number of Topliss-reactive ketones (excluding diaryl/α,β-unsaturated/α-hetero) is 1. The van der Waals surface area contributed by atoms with Crippen molar-refractivity contribution in [2.75, 3.05) is 6.54 Å². The van der Waals surface area contributed by atoms with Gasteiger partial charge in [-0.3, -0.25) is 4.79 Å². The molecule has 3 N–H and O–H groups in total. The predicted molar refractivity (Wildman–Crippen MR) is 207 cm³/mol. The molecule has 316 valence electrons. The number of carbonyl (C=O) groups is 2. The molecule has 0 aromatic carbocycles. The van der Waals surface area contributed by atoms with Gasteiger partial charge in [0.25, 0.3) is 0 Å². The number of rotatable bonds is 14. The van der Waals surface area contributed by atoms with Gasteiger partial charge in [-0.1, -0.05) is 68.4 Å². The van der Waals surface area contributed by atoms with E-state index in [0.29, 0.717) is 44.9 Å². The molecule has 4 fully saturated rings. The van der Waals surface area contributed by atoms with Crippen LogP contribution in [0.4, 0.5) is 0 Å². The smallest absolute Gasteiger partial charge is 0.550 e. The molecule has 0 radical (unpaired) electrons. The number of likely N-dealkylation sites (N-methyl/N-ethyl adjacent to an activating group) is 1. The van der Waals surface area contributed by atoms with Crippen LogP contribution in [-0.2, 0) is 33.3 Å². The van der Waals surface area contributed by atoms with Gasteiger partial charge in [-0.25, -0.2) is 0 Å². The minimum atomic E-state index is -1.13. The SMILES string of the molecule is CCN[C@H]1C=C[C@]2(O[C@H]([C@@H](CC)C(=O)[C@@H](C)[C@@H](O)[C@H](C)[C@@H]3O[C@@H]([C@@H](CC)C(=O)[O-])CC[C@@H]3C)[C@@H](C)C[C@H]2C)O[C@@]12CC[C@@](C)([C@H]1CC[C@](O)(CC)[C@H](C)O1)O2.[Na+]. The number of carbonyl (C=O) groups excluding carboxylic acids is 2. The van der Waals surface area contributed by atoms with Crippen molar-refractivity contribution in [3.05, 3.63) is 12.2 Å². The molecule has 12 heteroatoms. The molecule has 0 amide bonds. The van der Waals surface area contributed by atoms with Gasteiger partial charge in [0.15, 0.2) is 11.6 Å². The van der Waals surface area contributed by atoms with Gasteiger partial charge in [0.1, 0.15) is 5.78 Å². The van der Waals surface area contributed by atoms with Crippen molar-refractivity contribution in [2.45, 2.75) is 206 Å². The first kappa shape index (κ1) is 48.2. The van der Waals surface area contributed by atoms with Crippen LogP contribution >= 0.6 is 0 Å². The summed E-state index contributed by atoms with van der Waals surface area (Å²) in [7, 11) is 0. The minimum Gasteiger partial charge on any atom is -0.550 e. The Kier molecular flexibility index (Phi) is 16.4. The van der Waals surface area contributed by atoms with E-state index in [4.69, 9.17) is 23.7 Å². The number of aliphatic hydroxyl groups is 2. The summed E-state index contributed by atoms with van der Waals surface area (Å²) >= 11 is 0. The second-order valence-corrected chi connectivity index (χ2v) is 18.5. The third-order valence-corrected chi connectivity index (χ3v) is 14.9. The van der Waals surface area contributed by atoms with Crippen molar-refractivity contribution < 1.29 is 78.2 Å². The van der Waals surface area contributed by atoms with Crippen molar-refractivity contribution in [2.24, 2.45) is 41.4 Å². The Hall–Kier alpha value is -0.440. The van der Waals surface area contributed by atoms with Crippen LogP contribution in [0.15, 0.2) is 12.2 Å². The van der Waals surface area contributed by atoms with E-state index in [1.807, 2.05) is 40.7 Å². The monoisotopic (exact) mass is 800 g/mol. The fourth-order valence-corrected chi connectivity index (χ4v) is 10.9. The van der Waals surface area contributed by atoms with Gasteiger partial charge in [0, 0.05) is 42.0 Å². The molecule has 4 saturated heterocycles. The molecule has 56 heavy (non-hydrogen) atoms. The number of ether oxygens (including phenoxy) is 5. The van der Waals surface area contributed by atoms with Crippen molar-refractivity contribution >= 4 is 11.8 Å². The van der Waals surface area contributed by atoms with Crippen LogP contribution in [0.5, 0.6) is 0 Å². The molecular formula is C44H74NNaO10. The van der Waals surface area contributed by atoms with Crippen LogP contribution in [0.25, 0.3) is 0 Å². The summed E-state index contributed by atoms with van der Waals surface area (Å²) in [5.41, 5.74) is -1.48. The van der Waals surface area contributed by atoms with Gasteiger partial charge in [-0.15, -0.1) is 0 Å². The molecule has 2 spiro atoms. The summed E-state index contributed by atoms with van der Waals surface area (Å²) in [6, 6.07) is -0.226.